The van der Waals surface area contributed by atoms with Gasteiger partial charge in [0.1, 0.15) is 5.82 Å². The first-order valence-electron chi connectivity index (χ1n) is 9.55. The van der Waals surface area contributed by atoms with Crippen LogP contribution in [0, 0.1) is 20.8 Å². The maximum absolute atomic E-state index is 12.3. The summed E-state index contributed by atoms with van der Waals surface area (Å²) in [5.74, 6) is 1.30. The lowest BCUT2D eigenvalue weighted by Crippen LogP contribution is -2.19. The van der Waals surface area contributed by atoms with Crippen molar-refractivity contribution in [2.75, 3.05) is 27.8 Å². The topological polar surface area (TPSA) is 91.0 Å². The molecule has 2 aromatic carbocycles. The van der Waals surface area contributed by atoms with E-state index in [2.05, 4.69) is 31.2 Å². The number of carbonyl (C=O) groups is 1. The van der Waals surface area contributed by atoms with E-state index in [0.29, 0.717) is 17.5 Å². The molecule has 2 amide bonds. The average Bonchev–Trinajstić information content (AvgIpc) is 2.65. The molecule has 1 heterocycles. The summed E-state index contributed by atoms with van der Waals surface area (Å²) < 4.78 is 0. The number of hydrogen-bond donors (Lipinski definition) is 4. The van der Waals surface area contributed by atoms with Crippen LogP contribution in [0.25, 0.3) is 0 Å². The van der Waals surface area contributed by atoms with Gasteiger partial charge in [-0.15, -0.1) is 0 Å². The number of nitrogens with one attached hydrogen (secondary N) is 4. The molecule has 4 N–H and O–H groups in total. The molecule has 0 unspecified atom stereocenters. The summed E-state index contributed by atoms with van der Waals surface area (Å²) in [6.07, 6.45) is 0. The van der Waals surface area contributed by atoms with Gasteiger partial charge in [-0.1, -0.05) is 17.7 Å². The van der Waals surface area contributed by atoms with Crippen LogP contribution in [0.4, 0.5) is 33.6 Å². The Bertz CT molecular complexity index is 1000. The summed E-state index contributed by atoms with van der Waals surface area (Å²) in [6, 6.07) is 15.0. The molecule has 3 aromatic rings. The Morgan fingerprint density at radius 2 is 1.62 bits per heavy atom. The standard InChI is InChI=1S/C22H26N6O/c1-5-23-21-24-16(4)13-20(28-21)25-17-7-9-18(10-8-17)26-22(29)27-19-11-6-14(2)12-15(19)3/h6-13H,5H2,1-4H3,(H2,26,27,29)(H2,23,24,25,28). The number of nitrogens with zero attached hydrogens (tertiary/aromatic N) is 2. The summed E-state index contributed by atoms with van der Waals surface area (Å²) in [6.45, 7) is 8.68. The molecule has 0 fully saturated rings. The fraction of sp³-hybridized carbons (Fsp3) is 0.227. The quantitative estimate of drug-likeness (QED) is 0.463. The lowest BCUT2D eigenvalue weighted by atomic mass is 10.1. The summed E-state index contributed by atoms with van der Waals surface area (Å²) >= 11 is 0. The van der Waals surface area contributed by atoms with Gasteiger partial charge in [-0.2, -0.15) is 4.98 Å². The lowest BCUT2D eigenvalue weighted by molar-refractivity contribution is 0.262. The van der Waals surface area contributed by atoms with Gasteiger partial charge in [0.25, 0.3) is 0 Å². The second-order valence-corrected chi connectivity index (χ2v) is 6.85. The van der Waals surface area contributed by atoms with Gasteiger partial charge in [-0.3, -0.25) is 0 Å². The van der Waals surface area contributed by atoms with Crippen LogP contribution >= 0.6 is 0 Å². The predicted octanol–water partition coefficient (Wildman–Crippen LogP) is 5.22. The maximum atomic E-state index is 12.3. The van der Waals surface area contributed by atoms with Crippen LogP contribution in [0.2, 0.25) is 0 Å². The van der Waals surface area contributed by atoms with Crippen LogP contribution in [0.15, 0.2) is 48.5 Å². The number of anilines is 5. The number of rotatable bonds is 6. The van der Waals surface area contributed by atoms with Crippen molar-refractivity contribution in [2.24, 2.45) is 0 Å². The fourth-order valence-corrected chi connectivity index (χ4v) is 2.89. The number of aryl methyl sites for hydroxylation is 3. The third-order valence-corrected chi connectivity index (χ3v) is 4.23. The Hall–Kier alpha value is -3.61. The molecule has 0 saturated heterocycles. The van der Waals surface area contributed by atoms with E-state index in [-0.39, 0.29) is 6.03 Å². The van der Waals surface area contributed by atoms with E-state index in [1.54, 1.807) is 0 Å². The van der Waals surface area contributed by atoms with Gasteiger partial charge in [0, 0.05) is 35.4 Å². The third-order valence-electron chi connectivity index (χ3n) is 4.23. The predicted molar refractivity (Wildman–Crippen MR) is 119 cm³/mol. The highest BCUT2D eigenvalue weighted by atomic mass is 16.2. The molecule has 0 bridgehead atoms. The minimum atomic E-state index is -0.278. The molecule has 7 nitrogen and oxygen atoms in total. The largest absolute Gasteiger partial charge is 0.354 e. The van der Waals surface area contributed by atoms with Gasteiger partial charge >= 0.3 is 6.03 Å². The van der Waals surface area contributed by atoms with Crippen molar-refractivity contribution in [3.05, 3.63) is 65.4 Å². The lowest BCUT2D eigenvalue weighted by Gasteiger charge is -2.12. The molecule has 0 aliphatic rings. The highest BCUT2D eigenvalue weighted by Gasteiger charge is 2.06. The highest BCUT2D eigenvalue weighted by molar-refractivity contribution is 6.00. The highest BCUT2D eigenvalue weighted by Crippen LogP contribution is 2.20. The van der Waals surface area contributed by atoms with Crippen molar-refractivity contribution in [1.29, 1.82) is 0 Å². The van der Waals surface area contributed by atoms with E-state index >= 15 is 0 Å². The van der Waals surface area contributed by atoms with Crippen molar-refractivity contribution in [3.63, 3.8) is 0 Å². The Morgan fingerprint density at radius 3 is 2.31 bits per heavy atom. The van der Waals surface area contributed by atoms with Gasteiger partial charge in [-0.25, -0.2) is 9.78 Å². The van der Waals surface area contributed by atoms with Crippen molar-refractivity contribution in [3.8, 4) is 0 Å². The second kappa shape index (κ2) is 9.05. The Morgan fingerprint density at radius 1 is 0.897 bits per heavy atom. The monoisotopic (exact) mass is 390 g/mol. The van der Waals surface area contributed by atoms with Gasteiger partial charge in [-0.05, 0) is 63.6 Å². The number of aromatic nitrogens is 2. The molecule has 3 rings (SSSR count). The molecule has 7 heteroatoms. The molecule has 0 spiro atoms. The fourth-order valence-electron chi connectivity index (χ4n) is 2.89. The molecular formula is C22H26N6O. The van der Waals surface area contributed by atoms with Crippen LogP contribution in [-0.4, -0.2) is 22.5 Å². The molecule has 0 saturated carbocycles. The number of carbonyl (C=O) groups excluding carboxylic acids is 1. The zero-order chi connectivity index (χ0) is 20.8. The van der Waals surface area contributed by atoms with E-state index in [9.17, 15) is 4.79 Å². The summed E-state index contributed by atoms with van der Waals surface area (Å²) in [5.41, 5.74) is 5.42. The molecule has 1 aromatic heterocycles. The van der Waals surface area contributed by atoms with Crippen LogP contribution < -0.4 is 21.3 Å². The Balaban J connectivity index is 1.62. The molecule has 0 radical (unpaired) electrons. The third kappa shape index (κ3) is 5.68. The number of urea groups is 1. The van der Waals surface area contributed by atoms with Crippen LogP contribution in [0.5, 0.6) is 0 Å². The minimum Gasteiger partial charge on any atom is -0.354 e. The number of amides is 2. The minimum absolute atomic E-state index is 0.278. The zero-order valence-corrected chi connectivity index (χ0v) is 17.1. The molecule has 150 valence electrons. The van der Waals surface area contributed by atoms with Crippen molar-refractivity contribution in [2.45, 2.75) is 27.7 Å². The van der Waals surface area contributed by atoms with Crippen LogP contribution in [-0.2, 0) is 0 Å². The van der Waals surface area contributed by atoms with E-state index in [1.165, 1.54) is 0 Å². The normalized spacial score (nSPS) is 10.3. The summed E-state index contributed by atoms with van der Waals surface area (Å²) in [5, 5.41) is 12.1. The number of benzene rings is 2. The Labute approximate surface area is 171 Å². The number of hydrogen-bond acceptors (Lipinski definition) is 5. The molecule has 0 aliphatic heterocycles. The zero-order valence-electron chi connectivity index (χ0n) is 17.1. The summed E-state index contributed by atoms with van der Waals surface area (Å²) in [4.78, 5) is 21.0. The first-order valence-corrected chi connectivity index (χ1v) is 9.55. The smallest absolute Gasteiger partial charge is 0.323 e. The maximum Gasteiger partial charge on any atom is 0.323 e. The van der Waals surface area contributed by atoms with Gasteiger partial charge in [0.05, 0.1) is 0 Å². The van der Waals surface area contributed by atoms with Gasteiger partial charge in [0.15, 0.2) is 0 Å². The van der Waals surface area contributed by atoms with E-state index in [0.717, 1.165) is 34.7 Å². The van der Waals surface area contributed by atoms with E-state index in [1.807, 2.05) is 76.2 Å². The molecule has 29 heavy (non-hydrogen) atoms. The molecule has 0 atom stereocenters. The average molecular weight is 390 g/mol. The van der Waals surface area contributed by atoms with E-state index < -0.39 is 0 Å². The second-order valence-electron chi connectivity index (χ2n) is 6.85. The Kier molecular flexibility index (Phi) is 6.29. The van der Waals surface area contributed by atoms with Crippen LogP contribution in [0.3, 0.4) is 0 Å². The van der Waals surface area contributed by atoms with Crippen molar-refractivity contribution in [1.82, 2.24) is 9.97 Å². The van der Waals surface area contributed by atoms with Crippen molar-refractivity contribution < 1.29 is 4.79 Å². The molecular weight excluding hydrogens is 364 g/mol. The SMILES string of the molecule is CCNc1nc(C)cc(Nc2ccc(NC(=O)Nc3ccc(C)cc3C)cc2)n1. The van der Waals surface area contributed by atoms with Crippen molar-refractivity contribution >= 4 is 34.9 Å². The first-order chi connectivity index (χ1) is 13.9. The van der Waals surface area contributed by atoms with Gasteiger partial charge in [0.2, 0.25) is 5.95 Å². The first kappa shape index (κ1) is 20.1. The van der Waals surface area contributed by atoms with E-state index in [4.69, 9.17) is 0 Å². The van der Waals surface area contributed by atoms with Gasteiger partial charge < -0.3 is 21.3 Å². The summed E-state index contributed by atoms with van der Waals surface area (Å²) in [7, 11) is 0. The van der Waals surface area contributed by atoms with Crippen LogP contribution in [0.1, 0.15) is 23.7 Å². The molecule has 0 aliphatic carbocycles.